The molecule has 1 fully saturated rings. The summed E-state index contributed by atoms with van der Waals surface area (Å²) >= 11 is 0. The Bertz CT molecular complexity index is 148. The van der Waals surface area contributed by atoms with E-state index in [0.717, 1.165) is 31.8 Å². The van der Waals surface area contributed by atoms with E-state index in [0.29, 0.717) is 0 Å². The summed E-state index contributed by atoms with van der Waals surface area (Å²) in [5.74, 6) is 7.13. The maximum absolute atomic E-state index is 4.91. The van der Waals surface area contributed by atoms with Crippen LogP contribution >= 0.6 is 0 Å². The van der Waals surface area contributed by atoms with E-state index in [1.54, 1.807) is 7.11 Å². The summed E-state index contributed by atoms with van der Waals surface area (Å²) in [4.78, 5) is 0. The topological polar surface area (TPSA) is 9.23 Å². The van der Waals surface area contributed by atoms with Crippen LogP contribution in [0.1, 0.15) is 25.7 Å². The van der Waals surface area contributed by atoms with Crippen LogP contribution in [-0.4, -0.2) is 13.7 Å². The summed E-state index contributed by atoms with van der Waals surface area (Å²) in [5.41, 5.74) is 0. The fourth-order valence-corrected chi connectivity index (χ4v) is 0.859. The zero-order valence-corrected chi connectivity index (χ0v) is 7.10. The van der Waals surface area contributed by atoms with Crippen LogP contribution < -0.4 is 0 Å². The third-order valence-electron chi connectivity index (χ3n) is 1.71. The lowest BCUT2D eigenvalue weighted by Gasteiger charge is -1.90. The molecule has 0 N–H and O–H groups in total. The van der Waals surface area contributed by atoms with E-state index < -0.39 is 0 Å². The monoisotopic (exact) mass is 151 g/mol. The molecule has 11 heavy (non-hydrogen) atoms. The highest BCUT2D eigenvalue weighted by Gasteiger charge is 2.19. The predicted octanol–water partition coefficient (Wildman–Crippen LogP) is 2.03. The average molecular weight is 151 g/mol. The molecule has 1 radical (unpaired) electrons. The molecule has 1 saturated carbocycles. The van der Waals surface area contributed by atoms with Gasteiger partial charge in [0, 0.05) is 26.6 Å². The highest BCUT2D eigenvalue weighted by atomic mass is 16.5. The molecule has 0 saturated heterocycles. The lowest BCUT2D eigenvalue weighted by atomic mass is 10.2. The second-order valence-electron chi connectivity index (χ2n) is 2.89. The van der Waals surface area contributed by atoms with Crippen LogP contribution in [0, 0.1) is 24.2 Å². The van der Waals surface area contributed by atoms with Crippen LogP contribution in [-0.2, 0) is 4.74 Å². The Labute approximate surface area is 69.1 Å². The Morgan fingerprint density at radius 2 is 2.36 bits per heavy atom. The van der Waals surface area contributed by atoms with Gasteiger partial charge in [0.2, 0.25) is 0 Å². The van der Waals surface area contributed by atoms with Crippen molar-refractivity contribution in [3.8, 4) is 11.8 Å². The van der Waals surface area contributed by atoms with E-state index >= 15 is 0 Å². The Hall–Kier alpha value is -0.480. The van der Waals surface area contributed by atoms with Gasteiger partial charge in [0.1, 0.15) is 0 Å². The van der Waals surface area contributed by atoms with Crippen molar-refractivity contribution >= 4 is 0 Å². The molecule has 1 nitrogen and oxygen atoms in total. The smallest absolute Gasteiger partial charge is 0.0471 e. The second-order valence-corrected chi connectivity index (χ2v) is 2.89. The zero-order valence-electron chi connectivity index (χ0n) is 7.10. The molecule has 0 heterocycles. The van der Waals surface area contributed by atoms with Gasteiger partial charge in [-0.25, -0.2) is 0 Å². The molecule has 1 heteroatoms. The second kappa shape index (κ2) is 5.21. The molecule has 0 aromatic rings. The fraction of sp³-hybridized carbons (Fsp3) is 0.700. The van der Waals surface area contributed by atoms with Gasteiger partial charge in [0.15, 0.2) is 0 Å². The normalized spacial score (nSPS) is 15.7. The predicted molar refractivity (Wildman–Crippen MR) is 45.9 cm³/mol. The van der Waals surface area contributed by atoms with Gasteiger partial charge in [-0.2, -0.15) is 0 Å². The van der Waals surface area contributed by atoms with Gasteiger partial charge < -0.3 is 4.74 Å². The lowest BCUT2D eigenvalue weighted by molar-refractivity contribution is 0.196. The molecule has 0 aromatic carbocycles. The standard InChI is InChI=1S/C10H15O/c1-11-9-5-3-2-4-6-10-7-8-10/h7,10H,3,5-6,8-9H2,1H3. The Morgan fingerprint density at radius 3 is 3.00 bits per heavy atom. The largest absolute Gasteiger partial charge is 0.385 e. The van der Waals surface area contributed by atoms with Crippen molar-refractivity contribution in [2.45, 2.75) is 25.7 Å². The van der Waals surface area contributed by atoms with E-state index in [1.165, 1.54) is 6.42 Å². The van der Waals surface area contributed by atoms with Crippen molar-refractivity contribution in [1.29, 1.82) is 0 Å². The third kappa shape index (κ3) is 4.86. The van der Waals surface area contributed by atoms with Crippen molar-refractivity contribution < 1.29 is 4.74 Å². The van der Waals surface area contributed by atoms with E-state index in [-0.39, 0.29) is 0 Å². The molecule has 1 unspecified atom stereocenters. The summed E-state index contributed by atoms with van der Waals surface area (Å²) in [7, 11) is 1.73. The number of rotatable bonds is 4. The summed E-state index contributed by atoms with van der Waals surface area (Å²) in [6.45, 7) is 0.838. The van der Waals surface area contributed by atoms with Gasteiger partial charge in [-0.15, -0.1) is 11.8 Å². The Balaban J connectivity index is 1.85. The van der Waals surface area contributed by atoms with Gasteiger partial charge >= 0.3 is 0 Å². The molecular weight excluding hydrogens is 136 g/mol. The molecule has 0 bridgehead atoms. The maximum atomic E-state index is 4.91. The summed E-state index contributed by atoms with van der Waals surface area (Å²) in [5, 5.41) is 0. The maximum Gasteiger partial charge on any atom is 0.0471 e. The van der Waals surface area contributed by atoms with E-state index in [1.807, 2.05) is 0 Å². The molecule has 61 valence electrons. The minimum atomic E-state index is 0.824. The van der Waals surface area contributed by atoms with E-state index in [4.69, 9.17) is 4.74 Å². The highest BCUT2D eigenvalue weighted by Crippen LogP contribution is 2.30. The van der Waals surface area contributed by atoms with Crippen LogP contribution in [0.3, 0.4) is 0 Å². The van der Waals surface area contributed by atoms with Gasteiger partial charge in [-0.05, 0) is 25.2 Å². The van der Waals surface area contributed by atoms with Crippen molar-refractivity contribution in [2.24, 2.45) is 5.92 Å². The Morgan fingerprint density at radius 1 is 1.55 bits per heavy atom. The van der Waals surface area contributed by atoms with Gasteiger partial charge in [-0.3, -0.25) is 0 Å². The number of unbranched alkanes of at least 4 members (excludes halogenated alkanes) is 1. The van der Waals surface area contributed by atoms with E-state index in [9.17, 15) is 0 Å². The first-order valence-electron chi connectivity index (χ1n) is 4.21. The first-order chi connectivity index (χ1) is 5.43. The summed E-state index contributed by atoms with van der Waals surface area (Å²) in [6, 6.07) is 0. The molecule has 0 aromatic heterocycles. The van der Waals surface area contributed by atoms with Crippen LogP contribution in [0.2, 0.25) is 0 Å². The minimum Gasteiger partial charge on any atom is -0.385 e. The average Bonchev–Trinajstić information content (AvgIpc) is 2.80. The molecule has 0 spiro atoms. The van der Waals surface area contributed by atoms with Crippen molar-refractivity contribution in [1.82, 2.24) is 0 Å². The van der Waals surface area contributed by atoms with Crippen LogP contribution in [0.15, 0.2) is 0 Å². The third-order valence-corrected chi connectivity index (χ3v) is 1.71. The Kier molecular flexibility index (Phi) is 4.08. The molecule has 1 aliphatic carbocycles. The molecular formula is C10H15O. The first kappa shape index (κ1) is 8.62. The quantitative estimate of drug-likeness (QED) is 0.441. The van der Waals surface area contributed by atoms with Gasteiger partial charge in [-0.1, -0.05) is 0 Å². The lowest BCUT2D eigenvalue weighted by Crippen LogP contribution is -1.85. The van der Waals surface area contributed by atoms with Crippen LogP contribution in [0.25, 0.3) is 0 Å². The van der Waals surface area contributed by atoms with Gasteiger partial charge in [0.05, 0.1) is 0 Å². The molecule has 1 atom stereocenters. The zero-order chi connectivity index (χ0) is 7.94. The first-order valence-corrected chi connectivity index (χ1v) is 4.21. The molecule has 0 aliphatic heterocycles. The summed E-state index contributed by atoms with van der Waals surface area (Å²) < 4.78 is 4.91. The fourth-order valence-electron chi connectivity index (χ4n) is 0.859. The van der Waals surface area contributed by atoms with Crippen molar-refractivity contribution in [3.05, 3.63) is 6.42 Å². The molecule has 0 amide bonds. The number of methoxy groups -OCH3 is 1. The van der Waals surface area contributed by atoms with Gasteiger partial charge in [0.25, 0.3) is 0 Å². The number of hydrogen-bond donors (Lipinski definition) is 0. The SMILES string of the molecule is COCCCC#CCC1[CH]C1. The summed E-state index contributed by atoms with van der Waals surface area (Å²) in [6.07, 6.45) is 6.72. The van der Waals surface area contributed by atoms with Crippen molar-refractivity contribution in [2.75, 3.05) is 13.7 Å². The van der Waals surface area contributed by atoms with Crippen molar-refractivity contribution in [3.63, 3.8) is 0 Å². The highest BCUT2D eigenvalue weighted by molar-refractivity contribution is 5.07. The number of hydrogen-bond acceptors (Lipinski definition) is 1. The number of ether oxygens (including phenoxy) is 1. The molecule has 1 rings (SSSR count). The van der Waals surface area contributed by atoms with Crippen LogP contribution in [0.5, 0.6) is 0 Å². The van der Waals surface area contributed by atoms with E-state index in [2.05, 4.69) is 18.3 Å². The molecule has 1 aliphatic rings. The van der Waals surface area contributed by atoms with Crippen LogP contribution in [0.4, 0.5) is 0 Å². The minimum absolute atomic E-state index is 0.824.